The maximum absolute atomic E-state index is 12.2. The SMILES string of the molecule is COc1ccccc1N(CC(=O)NCCCc1ccccc1)S(C)(=O)=O. The second-order valence-corrected chi connectivity index (χ2v) is 7.79. The monoisotopic (exact) mass is 376 g/mol. The van der Waals surface area contributed by atoms with Gasteiger partial charge in [0.05, 0.1) is 19.1 Å². The lowest BCUT2D eigenvalue weighted by molar-refractivity contribution is -0.119. The van der Waals surface area contributed by atoms with Crippen LogP contribution in [-0.2, 0) is 21.2 Å². The molecule has 0 fully saturated rings. The van der Waals surface area contributed by atoms with Crippen molar-refractivity contribution in [2.45, 2.75) is 12.8 Å². The number of anilines is 1. The van der Waals surface area contributed by atoms with Gasteiger partial charge in [-0.1, -0.05) is 42.5 Å². The zero-order valence-corrected chi connectivity index (χ0v) is 15.8. The molecule has 0 aliphatic heterocycles. The highest BCUT2D eigenvalue weighted by Crippen LogP contribution is 2.29. The van der Waals surface area contributed by atoms with Crippen molar-refractivity contribution in [1.29, 1.82) is 0 Å². The van der Waals surface area contributed by atoms with Crippen LogP contribution in [0.15, 0.2) is 54.6 Å². The van der Waals surface area contributed by atoms with Gasteiger partial charge in [0.25, 0.3) is 0 Å². The molecule has 0 heterocycles. The van der Waals surface area contributed by atoms with Crippen LogP contribution in [0.5, 0.6) is 5.75 Å². The highest BCUT2D eigenvalue weighted by Gasteiger charge is 2.23. The molecule has 140 valence electrons. The molecule has 26 heavy (non-hydrogen) atoms. The van der Waals surface area contributed by atoms with E-state index in [0.29, 0.717) is 18.0 Å². The predicted octanol–water partition coefficient (Wildman–Crippen LogP) is 2.21. The number of nitrogens with one attached hydrogen (secondary N) is 1. The smallest absolute Gasteiger partial charge is 0.240 e. The summed E-state index contributed by atoms with van der Waals surface area (Å²) in [6.45, 7) is 0.196. The zero-order valence-electron chi connectivity index (χ0n) is 15.0. The number of aryl methyl sites for hydroxylation is 1. The normalized spacial score (nSPS) is 11.0. The summed E-state index contributed by atoms with van der Waals surface area (Å²) in [6.07, 6.45) is 2.70. The van der Waals surface area contributed by atoms with Gasteiger partial charge in [-0.2, -0.15) is 0 Å². The highest BCUT2D eigenvalue weighted by molar-refractivity contribution is 7.92. The van der Waals surface area contributed by atoms with Crippen LogP contribution < -0.4 is 14.4 Å². The van der Waals surface area contributed by atoms with Crippen LogP contribution in [-0.4, -0.2) is 40.8 Å². The third-order valence-corrected chi connectivity index (χ3v) is 4.98. The average Bonchev–Trinajstić information content (AvgIpc) is 2.63. The van der Waals surface area contributed by atoms with Gasteiger partial charge in [-0.05, 0) is 30.5 Å². The summed E-state index contributed by atoms with van der Waals surface area (Å²) in [5.74, 6) is 0.0456. The molecule has 6 nitrogen and oxygen atoms in total. The van der Waals surface area contributed by atoms with Crippen molar-refractivity contribution in [3.05, 3.63) is 60.2 Å². The molecular weight excluding hydrogens is 352 g/mol. The van der Waals surface area contributed by atoms with E-state index >= 15 is 0 Å². The fourth-order valence-electron chi connectivity index (χ4n) is 2.57. The van der Waals surface area contributed by atoms with E-state index in [1.165, 1.54) is 12.7 Å². The standard InChI is InChI=1S/C19H24N2O4S/c1-25-18-13-7-6-12-17(18)21(26(2,23)24)15-19(22)20-14-8-11-16-9-4-3-5-10-16/h3-7,9-10,12-13H,8,11,14-15H2,1-2H3,(H,20,22). The molecule has 0 spiro atoms. The fourth-order valence-corrected chi connectivity index (χ4v) is 3.43. The van der Waals surface area contributed by atoms with E-state index in [1.54, 1.807) is 24.3 Å². The summed E-state index contributed by atoms with van der Waals surface area (Å²) < 4.78 is 30.5. The topological polar surface area (TPSA) is 75.7 Å². The number of benzene rings is 2. The van der Waals surface area contributed by atoms with Crippen molar-refractivity contribution in [2.75, 3.05) is 30.8 Å². The van der Waals surface area contributed by atoms with Crippen LogP contribution >= 0.6 is 0 Å². The van der Waals surface area contributed by atoms with Gasteiger partial charge >= 0.3 is 0 Å². The summed E-state index contributed by atoms with van der Waals surface area (Å²) >= 11 is 0. The molecule has 0 saturated heterocycles. The Balaban J connectivity index is 1.95. The van der Waals surface area contributed by atoms with E-state index in [2.05, 4.69) is 5.32 Å². The first kappa shape index (κ1) is 19.8. The van der Waals surface area contributed by atoms with E-state index in [-0.39, 0.29) is 12.5 Å². The summed E-state index contributed by atoms with van der Waals surface area (Å²) in [7, 11) is -2.17. The summed E-state index contributed by atoms with van der Waals surface area (Å²) in [5, 5.41) is 2.78. The lowest BCUT2D eigenvalue weighted by Crippen LogP contribution is -2.40. The van der Waals surface area contributed by atoms with Gasteiger partial charge in [-0.15, -0.1) is 0 Å². The van der Waals surface area contributed by atoms with Crippen LogP contribution in [0.1, 0.15) is 12.0 Å². The van der Waals surface area contributed by atoms with Crippen LogP contribution in [0.4, 0.5) is 5.69 Å². The van der Waals surface area contributed by atoms with Crippen molar-refractivity contribution in [1.82, 2.24) is 5.32 Å². The number of amides is 1. The molecule has 0 aliphatic carbocycles. The summed E-state index contributed by atoms with van der Waals surface area (Å²) in [5.41, 5.74) is 1.55. The summed E-state index contributed by atoms with van der Waals surface area (Å²) in [4.78, 5) is 12.2. The number of para-hydroxylation sites is 2. The molecule has 1 N–H and O–H groups in total. The van der Waals surface area contributed by atoms with Crippen molar-refractivity contribution >= 4 is 21.6 Å². The largest absolute Gasteiger partial charge is 0.495 e. The van der Waals surface area contributed by atoms with Gasteiger partial charge in [0.1, 0.15) is 12.3 Å². The number of nitrogens with zero attached hydrogens (tertiary/aromatic N) is 1. The number of hydrogen-bond donors (Lipinski definition) is 1. The summed E-state index contributed by atoms with van der Waals surface area (Å²) in [6, 6.07) is 16.7. The van der Waals surface area contributed by atoms with Crippen molar-refractivity contribution in [2.24, 2.45) is 0 Å². The van der Waals surface area contributed by atoms with Crippen LogP contribution in [0.25, 0.3) is 0 Å². The highest BCUT2D eigenvalue weighted by atomic mass is 32.2. The van der Waals surface area contributed by atoms with E-state index in [9.17, 15) is 13.2 Å². The number of carbonyl (C=O) groups excluding carboxylic acids is 1. The first-order valence-corrected chi connectivity index (χ1v) is 10.2. The van der Waals surface area contributed by atoms with Crippen LogP contribution in [0.3, 0.4) is 0 Å². The Bertz CT molecular complexity index is 822. The lowest BCUT2D eigenvalue weighted by Gasteiger charge is -2.23. The van der Waals surface area contributed by atoms with Gasteiger partial charge in [-0.3, -0.25) is 9.10 Å². The van der Waals surface area contributed by atoms with E-state index in [0.717, 1.165) is 23.4 Å². The number of sulfonamides is 1. The molecule has 2 aromatic carbocycles. The molecule has 0 bridgehead atoms. The predicted molar refractivity (Wildman–Crippen MR) is 103 cm³/mol. The Morgan fingerprint density at radius 3 is 2.38 bits per heavy atom. The minimum Gasteiger partial charge on any atom is -0.495 e. The Morgan fingerprint density at radius 2 is 1.73 bits per heavy atom. The second-order valence-electron chi connectivity index (χ2n) is 5.88. The molecule has 0 atom stereocenters. The number of carbonyl (C=O) groups is 1. The van der Waals surface area contributed by atoms with Crippen molar-refractivity contribution in [3.8, 4) is 5.75 Å². The average molecular weight is 376 g/mol. The number of ether oxygens (including phenoxy) is 1. The molecule has 0 saturated carbocycles. The number of rotatable bonds is 9. The molecule has 0 aromatic heterocycles. The maximum atomic E-state index is 12.2. The van der Waals surface area contributed by atoms with E-state index < -0.39 is 10.0 Å². The quantitative estimate of drug-likeness (QED) is 0.681. The maximum Gasteiger partial charge on any atom is 0.240 e. The zero-order chi connectivity index (χ0) is 19.0. The molecule has 0 unspecified atom stereocenters. The fraction of sp³-hybridized carbons (Fsp3) is 0.316. The third kappa shape index (κ3) is 5.77. The van der Waals surface area contributed by atoms with Gasteiger partial charge in [0, 0.05) is 6.54 Å². The van der Waals surface area contributed by atoms with E-state index in [1.807, 2.05) is 30.3 Å². The van der Waals surface area contributed by atoms with Gasteiger partial charge in [0.15, 0.2) is 0 Å². The third-order valence-electron chi connectivity index (χ3n) is 3.85. The Kier molecular flexibility index (Phi) is 7.03. The second kappa shape index (κ2) is 9.24. The molecule has 0 aliphatic rings. The molecular formula is C19H24N2O4S. The lowest BCUT2D eigenvalue weighted by atomic mass is 10.1. The van der Waals surface area contributed by atoms with Gasteiger partial charge < -0.3 is 10.1 Å². The van der Waals surface area contributed by atoms with Gasteiger partial charge in [0.2, 0.25) is 15.9 Å². The number of methoxy groups -OCH3 is 1. The Hall–Kier alpha value is -2.54. The Morgan fingerprint density at radius 1 is 1.08 bits per heavy atom. The molecule has 7 heteroatoms. The van der Waals surface area contributed by atoms with E-state index in [4.69, 9.17) is 4.74 Å². The molecule has 2 aromatic rings. The van der Waals surface area contributed by atoms with Crippen LogP contribution in [0.2, 0.25) is 0 Å². The minimum absolute atomic E-state index is 0.287. The molecule has 0 radical (unpaired) electrons. The van der Waals surface area contributed by atoms with Crippen LogP contribution in [0, 0.1) is 0 Å². The van der Waals surface area contributed by atoms with Crippen molar-refractivity contribution < 1.29 is 17.9 Å². The molecule has 1 amide bonds. The Labute approximate surface area is 154 Å². The molecule has 2 rings (SSSR count). The van der Waals surface area contributed by atoms with Gasteiger partial charge in [-0.25, -0.2) is 8.42 Å². The number of hydrogen-bond acceptors (Lipinski definition) is 4. The minimum atomic E-state index is -3.63. The first-order valence-electron chi connectivity index (χ1n) is 8.33. The first-order chi connectivity index (χ1) is 12.4. The van der Waals surface area contributed by atoms with Crippen molar-refractivity contribution in [3.63, 3.8) is 0 Å².